The summed E-state index contributed by atoms with van der Waals surface area (Å²) in [6.07, 6.45) is 2.95. The van der Waals surface area contributed by atoms with Crippen molar-refractivity contribution >= 4 is 11.6 Å². The second-order valence-electron chi connectivity index (χ2n) is 3.36. The molecule has 0 fully saturated rings. The predicted octanol–water partition coefficient (Wildman–Crippen LogP) is 2.18. The molecule has 0 bridgehead atoms. The van der Waals surface area contributed by atoms with E-state index in [4.69, 9.17) is 0 Å². The lowest BCUT2D eigenvalue weighted by Crippen LogP contribution is -2.12. The van der Waals surface area contributed by atoms with Gasteiger partial charge >= 0.3 is 0 Å². The number of nitrogens with one attached hydrogen (secondary N) is 1. The van der Waals surface area contributed by atoms with Crippen molar-refractivity contribution in [3.05, 3.63) is 54.1 Å². The lowest BCUT2D eigenvalue weighted by molar-refractivity contribution is 0.102. The largest absolute Gasteiger partial charge is 0.506 e. The first kappa shape index (κ1) is 11.1. The highest BCUT2D eigenvalue weighted by Crippen LogP contribution is 2.23. The predicted molar refractivity (Wildman–Crippen MR) is 60.3 cm³/mol. The summed E-state index contributed by atoms with van der Waals surface area (Å²) in [4.78, 5) is 15.5. The summed E-state index contributed by atoms with van der Waals surface area (Å²) >= 11 is 0. The van der Waals surface area contributed by atoms with Crippen molar-refractivity contribution in [2.75, 3.05) is 5.32 Å². The van der Waals surface area contributed by atoms with E-state index in [1.165, 1.54) is 12.3 Å². The number of phenols is 1. The molecule has 2 aromatic rings. The normalized spacial score (nSPS) is 9.94. The van der Waals surface area contributed by atoms with Gasteiger partial charge in [0.05, 0.1) is 11.3 Å². The molecule has 0 aliphatic carbocycles. The fourth-order valence-electron chi connectivity index (χ4n) is 1.30. The number of benzene rings is 1. The highest BCUT2D eigenvalue weighted by atomic mass is 19.1. The topological polar surface area (TPSA) is 62.2 Å². The SMILES string of the molecule is O=C(Nc1ccc(F)cc1O)c1cccnc1. The molecule has 0 spiro atoms. The third-order valence-electron chi connectivity index (χ3n) is 2.13. The van der Waals surface area contributed by atoms with Crippen molar-refractivity contribution in [2.45, 2.75) is 0 Å². The first-order chi connectivity index (χ1) is 8.16. The molecule has 0 radical (unpaired) electrons. The van der Waals surface area contributed by atoms with Crippen LogP contribution in [0, 0.1) is 5.82 Å². The minimum atomic E-state index is -0.568. The van der Waals surface area contributed by atoms with E-state index in [1.807, 2.05) is 0 Å². The second-order valence-corrected chi connectivity index (χ2v) is 3.36. The third-order valence-corrected chi connectivity index (χ3v) is 2.13. The molecule has 1 aromatic carbocycles. The molecule has 0 saturated carbocycles. The summed E-state index contributed by atoms with van der Waals surface area (Å²) < 4.78 is 12.7. The second kappa shape index (κ2) is 4.61. The Labute approximate surface area is 96.7 Å². The maximum atomic E-state index is 12.7. The lowest BCUT2D eigenvalue weighted by Gasteiger charge is -2.06. The first-order valence-electron chi connectivity index (χ1n) is 4.87. The summed E-state index contributed by atoms with van der Waals surface area (Å²) in [5.41, 5.74) is 0.511. The van der Waals surface area contributed by atoms with Gasteiger partial charge in [0.2, 0.25) is 0 Å². The zero-order valence-corrected chi connectivity index (χ0v) is 8.72. The van der Waals surface area contributed by atoms with Crippen LogP contribution in [0.4, 0.5) is 10.1 Å². The molecule has 86 valence electrons. The van der Waals surface area contributed by atoms with Gasteiger partial charge in [-0.2, -0.15) is 0 Å². The number of carbonyl (C=O) groups is 1. The van der Waals surface area contributed by atoms with E-state index in [0.717, 1.165) is 12.1 Å². The number of nitrogens with zero attached hydrogens (tertiary/aromatic N) is 1. The Balaban J connectivity index is 2.19. The van der Waals surface area contributed by atoms with E-state index in [0.29, 0.717) is 5.56 Å². The number of amides is 1. The van der Waals surface area contributed by atoms with Crippen LogP contribution in [0.3, 0.4) is 0 Å². The molecular formula is C12H9FN2O2. The van der Waals surface area contributed by atoms with Crippen LogP contribution >= 0.6 is 0 Å². The summed E-state index contributed by atoms with van der Waals surface area (Å²) in [6, 6.07) is 6.58. The number of hydrogen-bond acceptors (Lipinski definition) is 3. The number of rotatable bonds is 2. The summed E-state index contributed by atoms with van der Waals surface area (Å²) in [6.45, 7) is 0. The van der Waals surface area contributed by atoms with Gasteiger partial charge in [-0.05, 0) is 24.3 Å². The van der Waals surface area contributed by atoms with Gasteiger partial charge in [-0.1, -0.05) is 0 Å². The van der Waals surface area contributed by atoms with Crippen molar-refractivity contribution in [3.63, 3.8) is 0 Å². The van der Waals surface area contributed by atoms with Gasteiger partial charge in [0.25, 0.3) is 5.91 Å². The molecule has 0 unspecified atom stereocenters. The van der Waals surface area contributed by atoms with Crippen LogP contribution in [0.1, 0.15) is 10.4 Å². The molecule has 0 saturated heterocycles. The van der Waals surface area contributed by atoms with Crippen LogP contribution in [0.25, 0.3) is 0 Å². The van der Waals surface area contributed by atoms with Crippen LogP contribution in [-0.4, -0.2) is 16.0 Å². The molecule has 5 heteroatoms. The number of aromatic hydroxyl groups is 1. The molecule has 17 heavy (non-hydrogen) atoms. The van der Waals surface area contributed by atoms with Gasteiger partial charge in [-0.15, -0.1) is 0 Å². The van der Waals surface area contributed by atoms with Gasteiger partial charge in [0, 0.05) is 18.5 Å². The molecule has 1 amide bonds. The van der Waals surface area contributed by atoms with Gasteiger partial charge in [-0.25, -0.2) is 4.39 Å². The van der Waals surface area contributed by atoms with Gasteiger partial charge in [0.1, 0.15) is 11.6 Å². The molecule has 2 rings (SSSR count). The van der Waals surface area contributed by atoms with Crippen molar-refractivity contribution in [2.24, 2.45) is 0 Å². The molecule has 4 nitrogen and oxygen atoms in total. The number of pyridine rings is 1. The van der Waals surface area contributed by atoms with Crippen molar-refractivity contribution in [3.8, 4) is 5.75 Å². The van der Waals surface area contributed by atoms with Crippen LogP contribution < -0.4 is 5.32 Å². The quantitative estimate of drug-likeness (QED) is 0.780. The smallest absolute Gasteiger partial charge is 0.257 e. The third kappa shape index (κ3) is 2.57. The zero-order valence-electron chi connectivity index (χ0n) is 8.72. The van der Waals surface area contributed by atoms with Crippen LogP contribution in [-0.2, 0) is 0 Å². The average molecular weight is 232 g/mol. The number of halogens is 1. The zero-order chi connectivity index (χ0) is 12.3. The van der Waals surface area contributed by atoms with Gasteiger partial charge in [0.15, 0.2) is 0 Å². The molecule has 0 aliphatic heterocycles. The standard InChI is InChI=1S/C12H9FN2O2/c13-9-3-4-10(11(16)6-9)15-12(17)8-2-1-5-14-7-8/h1-7,16H,(H,15,17). The van der Waals surface area contributed by atoms with Crippen molar-refractivity contribution < 1.29 is 14.3 Å². The molecular weight excluding hydrogens is 223 g/mol. The van der Waals surface area contributed by atoms with Crippen LogP contribution in [0.5, 0.6) is 5.75 Å². The number of carbonyl (C=O) groups excluding carboxylic acids is 1. The minimum absolute atomic E-state index is 0.153. The lowest BCUT2D eigenvalue weighted by atomic mass is 10.2. The minimum Gasteiger partial charge on any atom is -0.506 e. The van der Waals surface area contributed by atoms with E-state index in [2.05, 4.69) is 10.3 Å². The maximum Gasteiger partial charge on any atom is 0.257 e. The Bertz CT molecular complexity index is 543. The monoisotopic (exact) mass is 232 g/mol. The first-order valence-corrected chi connectivity index (χ1v) is 4.87. The fraction of sp³-hybridized carbons (Fsp3) is 0. The Morgan fingerprint density at radius 3 is 2.82 bits per heavy atom. The van der Waals surface area contributed by atoms with E-state index < -0.39 is 11.7 Å². The van der Waals surface area contributed by atoms with E-state index in [-0.39, 0.29) is 11.4 Å². The van der Waals surface area contributed by atoms with Crippen molar-refractivity contribution in [1.82, 2.24) is 4.98 Å². The van der Waals surface area contributed by atoms with Gasteiger partial charge < -0.3 is 10.4 Å². The van der Waals surface area contributed by atoms with E-state index in [9.17, 15) is 14.3 Å². The fourth-order valence-corrected chi connectivity index (χ4v) is 1.30. The molecule has 1 heterocycles. The number of aromatic nitrogens is 1. The number of hydrogen-bond donors (Lipinski definition) is 2. The van der Waals surface area contributed by atoms with Crippen molar-refractivity contribution in [1.29, 1.82) is 0 Å². The average Bonchev–Trinajstić information content (AvgIpc) is 2.34. The molecule has 2 N–H and O–H groups in total. The number of anilines is 1. The number of phenolic OH excluding ortho intramolecular Hbond substituents is 1. The Morgan fingerprint density at radius 2 is 2.18 bits per heavy atom. The Hall–Kier alpha value is -2.43. The summed E-state index contributed by atoms with van der Waals surface area (Å²) in [5, 5.41) is 11.9. The highest BCUT2D eigenvalue weighted by molar-refractivity contribution is 6.04. The van der Waals surface area contributed by atoms with E-state index >= 15 is 0 Å². The molecule has 0 aliphatic rings. The summed E-state index contributed by atoms with van der Waals surface area (Å²) in [7, 11) is 0. The van der Waals surface area contributed by atoms with Gasteiger partial charge in [-0.3, -0.25) is 9.78 Å². The van der Waals surface area contributed by atoms with Crippen LogP contribution in [0.15, 0.2) is 42.7 Å². The molecule has 1 aromatic heterocycles. The maximum absolute atomic E-state index is 12.7. The summed E-state index contributed by atoms with van der Waals surface area (Å²) in [5.74, 6) is -1.30. The molecule has 0 atom stereocenters. The van der Waals surface area contributed by atoms with E-state index in [1.54, 1.807) is 18.3 Å². The highest BCUT2D eigenvalue weighted by Gasteiger charge is 2.09. The Morgan fingerprint density at radius 1 is 1.35 bits per heavy atom. The van der Waals surface area contributed by atoms with Crippen LogP contribution in [0.2, 0.25) is 0 Å². The Kier molecular flexibility index (Phi) is 3.00.